The van der Waals surface area contributed by atoms with Gasteiger partial charge in [0.15, 0.2) is 9.84 Å². The Morgan fingerprint density at radius 3 is 2.33 bits per heavy atom. The quantitative estimate of drug-likeness (QED) is 0.836. The molecular formula is C15H24N2O3S. The number of aliphatic hydroxyl groups is 1. The summed E-state index contributed by atoms with van der Waals surface area (Å²) in [6.07, 6.45) is 0.610. The lowest BCUT2D eigenvalue weighted by Crippen LogP contribution is -2.45. The van der Waals surface area contributed by atoms with Crippen LogP contribution in [0.15, 0.2) is 29.2 Å². The lowest BCUT2D eigenvalue weighted by molar-refractivity contribution is 0.0842. The van der Waals surface area contributed by atoms with Crippen molar-refractivity contribution in [3.8, 4) is 0 Å². The Hall–Kier alpha value is -0.950. The minimum absolute atomic E-state index is 0.104. The number of nitrogens with zero attached hydrogens (tertiary/aromatic N) is 1. The monoisotopic (exact) mass is 312 g/mol. The van der Waals surface area contributed by atoms with Gasteiger partial charge in [0.1, 0.15) is 0 Å². The van der Waals surface area contributed by atoms with E-state index < -0.39 is 15.9 Å². The van der Waals surface area contributed by atoms with Gasteiger partial charge >= 0.3 is 0 Å². The maximum absolute atomic E-state index is 11.4. The Balaban J connectivity index is 1.99. The molecule has 2 rings (SSSR count). The summed E-state index contributed by atoms with van der Waals surface area (Å²) in [7, 11) is -3.19. The molecule has 21 heavy (non-hydrogen) atoms. The molecule has 1 saturated heterocycles. The smallest absolute Gasteiger partial charge is 0.175 e. The molecule has 0 amide bonds. The van der Waals surface area contributed by atoms with E-state index in [1.54, 1.807) is 24.3 Å². The second kappa shape index (κ2) is 6.87. The molecule has 1 fully saturated rings. The molecule has 0 spiro atoms. The van der Waals surface area contributed by atoms with Crippen LogP contribution in [0.3, 0.4) is 0 Å². The molecule has 1 aliphatic rings. The van der Waals surface area contributed by atoms with Crippen LogP contribution in [0.4, 0.5) is 0 Å². The van der Waals surface area contributed by atoms with Crippen molar-refractivity contribution in [2.45, 2.75) is 17.9 Å². The molecule has 6 heteroatoms. The van der Waals surface area contributed by atoms with Crippen molar-refractivity contribution in [1.82, 2.24) is 10.2 Å². The van der Waals surface area contributed by atoms with Gasteiger partial charge in [0, 0.05) is 39.0 Å². The third-order valence-corrected chi connectivity index (χ3v) is 5.07. The van der Waals surface area contributed by atoms with Gasteiger partial charge in [0.2, 0.25) is 0 Å². The average Bonchev–Trinajstić information content (AvgIpc) is 2.46. The number of piperazine rings is 1. The van der Waals surface area contributed by atoms with Gasteiger partial charge in [-0.1, -0.05) is 19.1 Å². The Bertz CT molecular complexity index is 551. The fourth-order valence-electron chi connectivity index (χ4n) is 2.64. The zero-order chi connectivity index (χ0) is 15.5. The van der Waals surface area contributed by atoms with Crippen molar-refractivity contribution in [2.75, 3.05) is 39.0 Å². The lowest BCUT2D eigenvalue weighted by atomic mass is 9.97. The number of aliphatic hydroxyl groups excluding tert-OH is 1. The number of nitrogens with one attached hydrogen (secondary N) is 1. The molecule has 2 atom stereocenters. The zero-order valence-corrected chi connectivity index (χ0v) is 13.4. The first-order chi connectivity index (χ1) is 9.88. The Morgan fingerprint density at radius 1 is 1.24 bits per heavy atom. The molecule has 5 nitrogen and oxygen atoms in total. The van der Waals surface area contributed by atoms with E-state index in [1.807, 2.05) is 6.92 Å². The highest BCUT2D eigenvalue weighted by atomic mass is 32.2. The number of hydrogen-bond acceptors (Lipinski definition) is 5. The second-order valence-electron chi connectivity index (χ2n) is 5.81. The van der Waals surface area contributed by atoms with Crippen molar-refractivity contribution in [3.63, 3.8) is 0 Å². The second-order valence-corrected chi connectivity index (χ2v) is 7.83. The highest BCUT2D eigenvalue weighted by Gasteiger charge is 2.21. The van der Waals surface area contributed by atoms with Gasteiger partial charge in [-0.15, -0.1) is 0 Å². The normalized spacial score (nSPS) is 20.1. The first-order valence-corrected chi connectivity index (χ1v) is 9.18. The van der Waals surface area contributed by atoms with Crippen LogP contribution < -0.4 is 5.32 Å². The summed E-state index contributed by atoms with van der Waals surface area (Å²) in [5.41, 5.74) is 0.769. The van der Waals surface area contributed by atoms with Crippen LogP contribution in [0.2, 0.25) is 0 Å². The minimum Gasteiger partial charge on any atom is -0.388 e. The molecular weight excluding hydrogens is 288 g/mol. The predicted octanol–water partition coefficient (Wildman–Crippen LogP) is 0.665. The Morgan fingerprint density at radius 2 is 1.81 bits per heavy atom. The predicted molar refractivity (Wildman–Crippen MR) is 83.0 cm³/mol. The summed E-state index contributed by atoms with van der Waals surface area (Å²) in [4.78, 5) is 2.63. The van der Waals surface area contributed by atoms with Crippen LogP contribution in [0.5, 0.6) is 0 Å². The van der Waals surface area contributed by atoms with E-state index in [0.717, 1.165) is 38.3 Å². The summed E-state index contributed by atoms with van der Waals surface area (Å²) >= 11 is 0. The molecule has 1 heterocycles. The van der Waals surface area contributed by atoms with Crippen LogP contribution in [0, 0.1) is 5.92 Å². The van der Waals surface area contributed by atoms with E-state index in [1.165, 1.54) is 6.26 Å². The van der Waals surface area contributed by atoms with Crippen molar-refractivity contribution < 1.29 is 13.5 Å². The molecule has 0 bridgehead atoms. The maximum Gasteiger partial charge on any atom is 0.175 e. The SMILES string of the molecule is CC(CN1CCNCC1)C(O)c1ccc(S(C)(=O)=O)cc1. The molecule has 2 unspecified atom stereocenters. The molecule has 118 valence electrons. The molecule has 1 aliphatic heterocycles. The molecule has 0 aliphatic carbocycles. The van der Waals surface area contributed by atoms with E-state index in [0.29, 0.717) is 0 Å². The summed E-state index contributed by atoms with van der Waals surface area (Å²) < 4.78 is 22.9. The van der Waals surface area contributed by atoms with Crippen LogP contribution >= 0.6 is 0 Å². The van der Waals surface area contributed by atoms with E-state index in [9.17, 15) is 13.5 Å². The molecule has 0 radical (unpaired) electrons. The molecule has 2 N–H and O–H groups in total. The van der Waals surface area contributed by atoms with Crippen molar-refractivity contribution in [2.24, 2.45) is 5.92 Å². The van der Waals surface area contributed by atoms with Gasteiger partial charge in [0.05, 0.1) is 11.0 Å². The zero-order valence-electron chi connectivity index (χ0n) is 12.6. The number of sulfone groups is 1. The molecule has 0 aromatic heterocycles. The first-order valence-electron chi connectivity index (χ1n) is 7.29. The van der Waals surface area contributed by atoms with E-state index >= 15 is 0 Å². The number of rotatable bonds is 5. The average molecular weight is 312 g/mol. The highest BCUT2D eigenvalue weighted by molar-refractivity contribution is 7.90. The van der Waals surface area contributed by atoms with Gasteiger partial charge in [-0.25, -0.2) is 8.42 Å². The lowest BCUT2D eigenvalue weighted by Gasteiger charge is -2.31. The number of hydrogen-bond donors (Lipinski definition) is 2. The Kier molecular flexibility index (Phi) is 5.37. The van der Waals surface area contributed by atoms with Gasteiger partial charge < -0.3 is 15.3 Å². The largest absolute Gasteiger partial charge is 0.388 e. The summed E-state index contributed by atoms with van der Waals surface area (Å²) in [6.45, 7) is 6.86. The van der Waals surface area contributed by atoms with Crippen molar-refractivity contribution in [3.05, 3.63) is 29.8 Å². The van der Waals surface area contributed by atoms with E-state index in [2.05, 4.69) is 10.2 Å². The standard InChI is InChI=1S/C15H24N2O3S/c1-12(11-17-9-7-16-8-10-17)15(18)13-3-5-14(6-4-13)21(2,19)20/h3-6,12,15-16,18H,7-11H2,1-2H3. The van der Waals surface area contributed by atoms with Gasteiger partial charge in [-0.3, -0.25) is 0 Å². The third-order valence-electron chi connectivity index (χ3n) is 3.94. The summed E-state index contributed by atoms with van der Waals surface area (Å²) in [5.74, 6) is 0.104. The van der Waals surface area contributed by atoms with Crippen molar-refractivity contribution >= 4 is 9.84 Å². The summed E-state index contributed by atoms with van der Waals surface area (Å²) in [6, 6.07) is 6.53. The number of benzene rings is 1. The van der Waals surface area contributed by atoms with Crippen LogP contribution in [-0.2, 0) is 9.84 Å². The molecule has 0 saturated carbocycles. The van der Waals surface area contributed by atoms with Crippen molar-refractivity contribution in [1.29, 1.82) is 0 Å². The fourth-order valence-corrected chi connectivity index (χ4v) is 3.27. The van der Waals surface area contributed by atoms with E-state index in [-0.39, 0.29) is 10.8 Å². The van der Waals surface area contributed by atoms with Crippen LogP contribution in [-0.4, -0.2) is 57.4 Å². The Labute approximate surface area is 126 Å². The maximum atomic E-state index is 11.4. The topological polar surface area (TPSA) is 69.6 Å². The van der Waals surface area contributed by atoms with Gasteiger partial charge in [0.25, 0.3) is 0 Å². The van der Waals surface area contributed by atoms with Gasteiger partial charge in [-0.2, -0.15) is 0 Å². The molecule has 1 aromatic carbocycles. The fraction of sp³-hybridized carbons (Fsp3) is 0.600. The minimum atomic E-state index is -3.19. The van der Waals surface area contributed by atoms with Crippen LogP contribution in [0.25, 0.3) is 0 Å². The highest BCUT2D eigenvalue weighted by Crippen LogP contribution is 2.24. The third kappa shape index (κ3) is 4.51. The molecule has 1 aromatic rings. The summed E-state index contributed by atoms with van der Waals surface area (Å²) in [5, 5.41) is 13.7. The first kappa shape index (κ1) is 16.4. The van der Waals surface area contributed by atoms with Crippen LogP contribution in [0.1, 0.15) is 18.6 Å². The van der Waals surface area contributed by atoms with Gasteiger partial charge in [-0.05, 0) is 23.6 Å². The van der Waals surface area contributed by atoms with E-state index in [4.69, 9.17) is 0 Å².